The maximum Gasteiger partial charge on any atom is 0.525 e. The van der Waals surface area contributed by atoms with Crippen molar-refractivity contribution in [3.05, 3.63) is 56.8 Å². The van der Waals surface area contributed by atoms with Crippen LogP contribution in [0, 0.1) is 0 Å². The second-order valence-corrected chi connectivity index (χ2v) is 8.58. The van der Waals surface area contributed by atoms with Crippen molar-refractivity contribution in [1.82, 2.24) is 13.7 Å². The van der Waals surface area contributed by atoms with Gasteiger partial charge >= 0.3 is 25.9 Å². The van der Waals surface area contributed by atoms with E-state index in [0.717, 1.165) is 13.7 Å². The third-order valence-corrected chi connectivity index (χ3v) is 7.66. The van der Waals surface area contributed by atoms with E-state index in [1.165, 1.54) is 12.2 Å². The van der Waals surface area contributed by atoms with Crippen LogP contribution < -0.4 is 17.1 Å². The number of hydrogen-bond donors (Lipinski definition) is 0. The van der Waals surface area contributed by atoms with Crippen LogP contribution in [-0.2, 0) is 26.4 Å². The number of nitrogens with zero attached hydrogens (tertiary/aromatic N) is 3. The molecule has 10 heteroatoms. The van der Waals surface area contributed by atoms with Gasteiger partial charge in [0.05, 0.1) is 13.1 Å². The van der Waals surface area contributed by atoms with Crippen LogP contribution in [0.4, 0.5) is 0 Å². The SMILES string of the molecule is C=CCn1c(=O)n(CC=C)c(=O)n(C(CC)[Si](OCC)(OCC)OCC)c1=O. The third kappa shape index (κ3) is 4.69. The Morgan fingerprint density at radius 3 is 1.50 bits per heavy atom. The van der Waals surface area contributed by atoms with Gasteiger partial charge in [-0.3, -0.25) is 0 Å². The molecule has 0 aliphatic carbocycles. The van der Waals surface area contributed by atoms with Crippen LogP contribution in [0.25, 0.3) is 0 Å². The molecule has 0 N–H and O–H groups in total. The summed E-state index contributed by atoms with van der Waals surface area (Å²) in [6.45, 7) is 15.2. The second-order valence-electron chi connectivity index (χ2n) is 5.84. The van der Waals surface area contributed by atoms with E-state index in [2.05, 4.69) is 13.2 Å². The highest BCUT2D eigenvalue weighted by Crippen LogP contribution is 2.26. The Labute approximate surface area is 165 Å². The highest BCUT2D eigenvalue weighted by molar-refractivity contribution is 6.61. The number of aromatic nitrogens is 3. The molecule has 1 atom stereocenters. The summed E-state index contributed by atoms with van der Waals surface area (Å²) in [6.07, 6.45) is 3.20. The van der Waals surface area contributed by atoms with Crippen molar-refractivity contribution in [2.24, 2.45) is 0 Å². The Hall–Kier alpha value is -2.01. The van der Waals surface area contributed by atoms with Crippen LogP contribution in [0.3, 0.4) is 0 Å². The molecule has 0 bridgehead atoms. The molecular formula is C18H31N3O6Si. The van der Waals surface area contributed by atoms with Gasteiger partial charge in [-0.15, -0.1) is 13.2 Å². The molecule has 1 aromatic heterocycles. The fraction of sp³-hybridized carbons (Fsp3) is 0.611. The summed E-state index contributed by atoms with van der Waals surface area (Å²) in [4.78, 5) is 38.8. The van der Waals surface area contributed by atoms with Gasteiger partial charge in [-0.2, -0.15) is 0 Å². The monoisotopic (exact) mass is 413 g/mol. The molecule has 1 heterocycles. The molecule has 1 rings (SSSR count). The molecule has 0 aromatic carbocycles. The minimum Gasteiger partial charge on any atom is -0.373 e. The van der Waals surface area contributed by atoms with Gasteiger partial charge in [0, 0.05) is 19.8 Å². The summed E-state index contributed by atoms with van der Waals surface area (Å²) in [5.74, 6) is 0. The zero-order chi connectivity index (χ0) is 21.3. The van der Waals surface area contributed by atoms with Crippen molar-refractivity contribution >= 4 is 8.80 Å². The van der Waals surface area contributed by atoms with Crippen LogP contribution in [-0.4, -0.2) is 42.3 Å². The van der Waals surface area contributed by atoms with Crippen molar-refractivity contribution in [3.8, 4) is 0 Å². The Morgan fingerprint density at radius 1 is 0.821 bits per heavy atom. The van der Waals surface area contributed by atoms with Gasteiger partial charge in [0.15, 0.2) is 0 Å². The molecule has 0 saturated heterocycles. The van der Waals surface area contributed by atoms with Crippen LogP contribution in [0.2, 0.25) is 0 Å². The van der Waals surface area contributed by atoms with Crippen LogP contribution in [0.15, 0.2) is 39.7 Å². The molecule has 1 aromatic rings. The Bertz CT molecular complexity index is 776. The van der Waals surface area contributed by atoms with Crippen LogP contribution >= 0.6 is 0 Å². The van der Waals surface area contributed by atoms with Gasteiger partial charge < -0.3 is 13.3 Å². The van der Waals surface area contributed by atoms with Crippen molar-refractivity contribution in [2.75, 3.05) is 19.8 Å². The number of allylic oxidation sites excluding steroid dienone is 2. The molecule has 0 spiro atoms. The maximum atomic E-state index is 13.1. The van der Waals surface area contributed by atoms with Gasteiger partial charge in [-0.25, -0.2) is 28.1 Å². The quantitative estimate of drug-likeness (QED) is 0.355. The third-order valence-electron chi connectivity index (χ3n) is 4.10. The molecule has 28 heavy (non-hydrogen) atoms. The van der Waals surface area contributed by atoms with E-state index in [1.807, 2.05) is 6.92 Å². The number of rotatable bonds is 13. The molecule has 0 amide bonds. The average molecular weight is 414 g/mol. The standard InChI is InChI=1S/C18H31N3O6Si/c1-7-13-19-16(22)20(14-8-2)18(24)21(17(19)23)15(9-3)28(25-10-4,26-11-5)27-12-6/h7-8,15H,1-2,9-14H2,3-6H3. The molecule has 0 aliphatic rings. The van der Waals surface area contributed by atoms with E-state index in [0.29, 0.717) is 26.2 Å². The summed E-state index contributed by atoms with van der Waals surface area (Å²) in [5, 5.41) is 0. The van der Waals surface area contributed by atoms with E-state index < -0.39 is 31.5 Å². The lowest BCUT2D eigenvalue weighted by Gasteiger charge is -2.35. The number of hydrogen-bond acceptors (Lipinski definition) is 6. The van der Waals surface area contributed by atoms with Crippen molar-refractivity contribution in [1.29, 1.82) is 0 Å². The van der Waals surface area contributed by atoms with Gasteiger partial charge in [0.2, 0.25) is 0 Å². The zero-order valence-electron chi connectivity index (χ0n) is 17.2. The molecule has 0 saturated carbocycles. The normalized spacial score (nSPS) is 12.7. The molecular weight excluding hydrogens is 382 g/mol. The van der Waals surface area contributed by atoms with E-state index in [9.17, 15) is 14.4 Å². The smallest absolute Gasteiger partial charge is 0.373 e. The largest absolute Gasteiger partial charge is 0.525 e. The lowest BCUT2D eigenvalue weighted by atomic mass is 10.4. The van der Waals surface area contributed by atoms with Gasteiger partial charge in [-0.05, 0) is 27.2 Å². The average Bonchev–Trinajstić information content (AvgIpc) is 2.66. The lowest BCUT2D eigenvalue weighted by Crippen LogP contribution is -2.62. The predicted molar refractivity (Wildman–Crippen MR) is 110 cm³/mol. The van der Waals surface area contributed by atoms with Crippen molar-refractivity contribution in [3.63, 3.8) is 0 Å². The Kier molecular flexibility index (Phi) is 9.53. The summed E-state index contributed by atoms with van der Waals surface area (Å²) in [6, 6.07) is 0. The van der Waals surface area contributed by atoms with E-state index in [4.69, 9.17) is 13.3 Å². The molecule has 0 radical (unpaired) electrons. The summed E-state index contributed by atoms with van der Waals surface area (Å²) in [7, 11) is -3.46. The summed E-state index contributed by atoms with van der Waals surface area (Å²) < 4.78 is 20.7. The lowest BCUT2D eigenvalue weighted by molar-refractivity contribution is 0.0508. The molecule has 0 fully saturated rings. The highest BCUT2D eigenvalue weighted by Gasteiger charge is 2.51. The van der Waals surface area contributed by atoms with Gasteiger partial charge in [-0.1, -0.05) is 19.1 Å². The zero-order valence-corrected chi connectivity index (χ0v) is 18.2. The van der Waals surface area contributed by atoms with E-state index in [1.54, 1.807) is 20.8 Å². The van der Waals surface area contributed by atoms with E-state index >= 15 is 0 Å². The topological polar surface area (TPSA) is 93.7 Å². The van der Waals surface area contributed by atoms with Crippen LogP contribution in [0.1, 0.15) is 39.8 Å². The first-order chi connectivity index (χ1) is 13.4. The summed E-state index contributed by atoms with van der Waals surface area (Å²) >= 11 is 0. The first kappa shape index (κ1) is 24.0. The molecule has 9 nitrogen and oxygen atoms in total. The first-order valence-corrected chi connectivity index (χ1v) is 11.3. The Morgan fingerprint density at radius 2 is 1.21 bits per heavy atom. The summed E-state index contributed by atoms with van der Waals surface area (Å²) in [5.41, 5.74) is -2.96. The second kappa shape index (κ2) is 11.1. The molecule has 1 unspecified atom stereocenters. The molecule has 158 valence electrons. The van der Waals surface area contributed by atoms with Gasteiger partial charge in [0.1, 0.15) is 5.67 Å². The fourth-order valence-electron chi connectivity index (χ4n) is 3.10. The fourth-order valence-corrected chi connectivity index (χ4v) is 6.17. The maximum absolute atomic E-state index is 13.1. The van der Waals surface area contributed by atoms with E-state index in [-0.39, 0.29) is 13.1 Å². The Balaban J connectivity index is 3.92. The highest BCUT2D eigenvalue weighted by atomic mass is 28.4. The minimum atomic E-state index is -3.46. The first-order valence-electron chi connectivity index (χ1n) is 9.48. The predicted octanol–water partition coefficient (Wildman–Crippen LogP) is 1.08. The van der Waals surface area contributed by atoms with Crippen LogP contribution in [0.5, 0.6) is 0 Å². The van der Waals surface area contributed by atoms with Crippen molar-refractivity contribution < 1.29 is 13.3 Å². The van der Waals surface area contributed by atoms with Crippen molar-refractivity contribution in [2.45, 2.75) is 52.9 Å². The minimum absolute atomic E-state index is 0.0298. The molecule has 0 aliphatic heterocycles. The van der Waals surface area contributed by atoms with Gasteiger partial charge in [0.25, 0.3) is 0 Å².